The Hall–Kier alpha value is -4.85. The van der Waals surface area contributed by atoms with Gasteiger partial charge in [0.15, 0.2) is 15.5 Å². The van der Waals surface area contributed by atoms with Crippen molar-refractivity contribution in [3.05, 3.63) is 66.4 Å². The number of fused-ring (bicyclic) bond motifs is 3. The fraction of sp³-hybridized carbons (Fsp3) is 0.286. The Kier molecular flexibility index (Phi) is 5.97. The van der Waals surface area contributed by atoms with Gasteiger partial charge in [0.25, 0.3) is 5.91 Å². The number of anilines is 2. The van der Waals surface area contributed by atoms with Crippen molar-refractivity contribution in [2.45, 2.75) is 48.6 Å². The normalized spacial score (nSPS) is 20.3. The second kappa shape index (κ2) is 9.62. The van der Waals surface area contributed by atoms with Crippen molar-refractivity contribution in [2.24, 2.45) is 0 Å². The summed E-state index contributed by atoms with van der Waals surface area (Å²) >= 11 is 0. The van der Waals surface area contributed by atoms with Crippen LogP contribution in [0.1, 0.15) is 47.9 Å². The van der Waals surface area contributed by atoms with Crippen LogP contribution in [0.4, 0.5) is 11.8 Å². The van der Waals surface area contributed by atoms with Crippen LogP contribution in [-0.4, -0.2) is 72.3 Å². The summed E-state index contributed by atoms with van der Waals surface area (Å²) in [5, 5.41) is 10.8. The zero-order valence-electron chi connectivity index (χ0n) is 22.7. The number of rotatable bonds is 5. The Balaban J connectivity index is 1.27. The van der Waals surface area contributed by atoms with Gasteiger partial charge in [-0.2, -0.15) is 14.6 Å². The highest BCUT2D eigenvalue weighted by molar-refractivity contribution is 7.91. The number of nitrogen functional groups attached to an aromatic ring is 2. The molecule has 6 heterocycles. The molecule has 2 saturated heterocycles. The topological polar surface area (TPSA) is 191 Å². The highest BCUT2D eigenvalue weighted by Gasteiger charge is 2.46. The van der Waals surface area contributed by atoms with Gasteiger partial charge in [-0.1, -0.05) is 36.4 Å². The van der Waals surface area contributed by atoms with E-state index in [1.165, 1.54) is 4.52 Å². The molecule has 214 valence electrons. The maximum absolute atomic E-state index is 13.2. The number of carbonyl (C=O) groups is 1. The minimum absolute atomic E-state index is 0.00729. The molecule has 2 unspecified atom stereocenters. The molecular weight excluding hydrogens is 556 g/mol. The van der Waals surface area contributed by atoms with E-state index in [-0.39, 0.29) is 46.4 Å². The minimum atomic E-state index is -3.76. The SMILES string of the molecule is CS(=O)(=O)c1c(C2CC3CCC(C2)N3C(=O)c2nc(N)n[nH]2)nc2c(-c3ccc(-c4ccccc4)nc3)cnn2c1N. The lowest BCUT2D eigenvalue weighted by atomic mass is 9.87. The zero-order valence-corrected chi connectivity index (χ0v) is 23.5. The van der Waals surface area contributed by atoms with Crippen LogP contribution < -0.4 is 11.5 Å². The molecular formula is C28H28N10O3S. The summed E-state index contributed by atoms with van der Waals surface area (Å²) in [6.07, 6.45) is 7.17. The van der Waals surface area contributed by atoms with E-state index in [9.17, 15) is 13.2 Å². The first-order chi connectivity index (χ1) is 20.2. The maximum atomic E-state index is 13.2. The van der Waals surface area contributed by atoms with Crippen molar-refractivity contribution >= 4 is 33.2 Å². The average Bonchev–Trinajstić information content (AvgIpc) is 3.68. The maximum Gasteiger partial charge on any atom is 0.291 e. The van der Waals surface area contributed by atoms with Crippen LogP contribution in [0.25, 0.3) is 28.0 Å². The van der Waals surface area contributed by atoms with Crippen LogP contribution in [0.2, 0.25) is 0 Å². The van der Waals surface area contributed by atoms with Crippen LogP contribution in [0.5, 0.6) is 0 Å². The predicted molar refractivity (Wildman–Crippen MR) is 155 cm³/mol. The standard InChI is InChI=1S/C28H28N10O3S/c1-42(40,41)23-22(17-11-18-8-9-19(12-17)37(18)27(39)25-34-28(30)36-35-25)33-26-20(14-32-38(26)24(23)29)16-7-10-21(31-13-16)15-5-3-2-4-6-15/h2-7,10,13-14,17-19H,8-9,11-12,29H2,1H3,(H3,30,34,35,36). The van der Waals surface area contributed by atoms with Crippen molar-refractivity contribution in [2.75, 3.05) is 17.7 Å². The fourth-order valence-corrected chi connectivity index (χ4v) is 7.49. The van der Waals surface area contributed by atoms with Crippen molar-refractivity contribution < 1.29 is 13.2 Å². The second-order valence-corrected chi connectivity index (χ2v) is 12.8. The molecule has 42 heavy (non-hydrogen) atoms. The van der Waals surface area contributed by atoms with E-state index < -0.39 is 9.84 Å². The quantitative estimate of drug-likeness (QED) is 0.277. The van der Waals surface area contributed by atoms with Crippen LogP contribution in [0.3, 0.4) is 0 Å². The summed E-state index contributed by atoms with van der Waals surface area (Å²) in [4.78, 5) is 28.6. The van der Waals surface area contributed by atoms with E-state index in [0.29, 0.717) is 29.7 Å². The summed E-state index contributed by atoms with van der Waals surface area (Å²) in [7, 11) is -3.76. The Morgan fingerprint density at radius 1 is 0.976 bits per heavy atom. The largest absolute Gasteiger partial charge is 0.382 e. The van der Waals surface area contributed by atoms with E-state index in [1.54, 1.807) is 12.4 Å². The van der Waals surface area contributed by atoms with Crippen LogP contribution >= 0.6 is 0 Å². The van der Waals surface area contributed by atoms with Gasteiger partial charge < -0.3 is 16.4 Å². The van der Waals surface area contributed by atoms with Crippen LogP contribution in [0, 0.1) is 0 Å². The van der Waals surface area contributed by atoms with Gasteiger partial charge in [-0.15, -0.1) is 5.10 Å². The lowest BCUT2D eigenvalue weighted by Gasteiger charge is -2.38. The number of hydrogen-bond acceptors (Lipinski definition) is 10. The number of pyridine rings is 1. The highest BCUT2D eigenvalue weighted by Crippen LogP contribution is 2.45. The molecule has 5 aromatic rings. The molecule has 2 aliphatic heterocycles. The summed E-state index contributed by atoms with van der Waals surface area (Å²) in [5.74, 6) is -0.377. The number of H-pyrrole nitrogens is 1. The summed E-state index contributed by atoms with van der Waals surface area (Å²) in [6, 6.07) is 13.5. The van der Waals surface area contributed by atoms with E-state index in [2.05, 4.69) is 25.3 Å². The molecule has 5 N–H and O–H groups in total. The highest BCUT2D eigenvalue weighted by atomic mass is 32.2. The number of hydrogen-bond donors (Lipinski definition) is 3. The Morgan fingerprint density at radius 2 is 1.71 bits per heavy atom. The molecule has 0 aliphatic carbocycles. The van der Waals surface area contributed by atoms with Gasteiger partial charge in [-0.25, -0.2) is 13.4 Å². The minimum Gasteiger partial charge on any atom is -0.382 e. The van der Waals surface area contributed by atoms with Gasteiger partial charge in [0.1, 0.15) is 10.7 Å². The first-order valence-corrected chi connectivity index (χ1v) is 15.5. The van der Waals surface area contributed by atoms with E-state index in [4.69, 9.17) is 16.5 Å². The number of sulfone groups is 1. The van der Waals surface area contributed by atoms with Gasteiger partial charge in [0.05, 0.1) is 17.6 Å². The molecule has 2 bridgehead atoms. The number of carbonyl (C=O) groups excluding carboxylic acids is 1. The van der Waals surface area contributed by atoms with Crippen molar-refractivity contribution in [3.63, 3.8) is 0 Å². The third-order valence-electron chi connectivity index (χ3n) is 8.24. The van der Waals surface area contributed by atoms with Gasteiger partial charge in [0.2, 0.25) is 11.8 Å². The number of piperidine rings is 1. The lowest BCUT2D eigenvalue weighted by molar-refractivity contribution is 0.0556. The molecule has 7 rings (SSSR count). The first kappa shape index (κ1) is 26.1. The summed E-state index contributed by atoms with van der Waals surface area (Å²) < 4.78 is 27.5. The number of nitrogens with one attached hydrogen (secondary N) is 1. The van der Waals surface area contributed by atoms with Crippen molar-refractivity contribution in [3.8, 4) is 22.4 Å². The number of aromatic amines is 1. The van der Waals surface area contributed by atoms with E-state index >= 15 is 0 Å². The van der Waals surface area contributed by atoms with Gasteiger partial charge in [0, 0.05) is 47.1 Å². The molecule has 14 heteroatoms. The van der Waals surface area contributed by atoms with Crippen LogP contribution in [-0.2, 0) is 9.84 Å². The number of benzene rings is 1. The van der Waals surface area contributed by atoms with Crippen LogP contribution in [0.15, 0.2) is 59.8 Å². The van der Waals surface area contributed by atoms with E-state index in [0.717, 1.165) is 35.9 Å². The van der Waals surface area contributed by atoms with Crippen molar-refractivity contribution in [1.82, 2.24) is 39.7 Å². The number of amides is 1. The average molecular weight is 585 g/mol. The summed E-state index contributed by atoms with van der Waals surface area (Å²) in [5.41, 5.74) is 16.3. The van der Waals surface area contributed by atoms with Gasteiger partial charge in [-0.3, -0.25) is 14.9 Å². The third kappa shape index (κ3) is 4.26. The molecule has 1 aromatic carbocycles. The molecule has 0 radical (unpaired) electrons. The molecule has 2 atom stereocenters. The zero-order chi connectivity index (χ0) is 29.2. The molecule has 2 fully saturated rings. The number of nitrogens with two attached hydrogens (primary N) is 2. The number of nitrogens with zero attached hydrogens (tertiary/aromatic N) is 7. The third-order valence-corrected chi connectivity index (χ3v) is 9.40. The van der Waals surface area contributed by atoms with E-state index in [1.807, 2.05) is 47.4 Å². The smallest absolute Gasteiger partial charge is 0.291 e. The van der Waals surface area contributed by atoms with Crippen molar-refractivity contribution in [1.29, 1.82) is 0 Å². The van der Waals surface area contributed by atoms with Gasteiger partial charge >= 0.3 is 0 Å². The summed E-state index contributed by atoms with van der Waals surface area (Å²) in [6.45, 7) is 0. The lowest BCUT2D eigenvalue weighted by Crippen LogP contribution is -2.46. The fourth-order valence-electron chi connectivity index (χ4n) is 6.44. The second-order valence-electron chi connectivity index (χ2n) is 10.9. The predicted octanol–water partition coefficient (Wildman–Crippen LogP) is 2.70. The molecule has 4 aromatic heterocycles. The molecule has 13 nitrogen and oxygen atoms in total. The monoisotopic (exact) mass is 584 g/mol. The Morgan fingerprint density at radius 3 is 2.33 bits per heavy atom. The van der Waals surface area contributed by atoms with Gasteiger partial charge in [-0.05, 0) is 31.7 Å². The first-order valence-electron chi connectivity index (χ1n) is 13.6. The molecule has 2 aliphatic rings. The number of aromatic nitrogens is 7. The molecule has 0 spiro atoms. The molecule has 0 saturated carbocycles. The Bertz CT molecular complexity index is 1920. The Labute approximate surface area is 240 Å². The molecule has 1 amide bonds.